The van der Waals surface area contributed by atoms with Gasteiger partial charge in [-0.25, -0.2) is 4.98 Å². The molecule has 7 nitrogen and oxygen atoms in total. The number of rotatable bonds is 4. The van der Waals surface area contributed by atoms with E-state index in [1.807, 2.05) is 48.8 Å². The largest absolute Gasteiger partial charge is 0.368 e. The van der Waals surface area contributed by atoms with Crippen molar-refractivity contribution in [3.63, 3.8) is 0 Å². The minimum Gasteiger partial charge on any atom is -0.368 e. The van der Waals surface area contributed by atoms with E-state index in [1.165, 1.54) is 0 Å². The molecule has 4 rings (SSSR count). The first kappa shape index (κ1) is 17.7. The van der Waals surface area contributed by atoms with Gasteiger partial charge in [0.1, 0.15) is 10.6 Å². The van der Waals surface area contributed by atoms with Crippen LogP contribution >= 0.6 is 11.3 Å². The number of carbonyl (C=O) groups excluding carboxylic acids is 1. The summed E-state index contributed by atoms with van der Waals surface area (Å²) in [4.78, 5) is 28.4. The number of hydrogen-bond acceptors (Lipinski definition) is 7. The molecule has 1 aromatic carbocycles. The van der Waals surface area contributed by atoms with Gasteiger partial charge in [-0.2, -0.15) is 4.98 Å². The summed E-state index contributed by atoms with van der Waals surface area (Å²) in [5, 5.41) is 3.05. The van der Waals surface area contributed by atoms with Crippen molar-refractivity contribution in [3.05, 3.63) is 41.8 Å². The lowest BCUT2D eigenvalue weighted by atomic mass is 10.2. The molecule has 0 saturated carbocycles. The molecular weight excluding hydrogens is 360 g/mol. The summed E-state index contributed by atoms with van der Waals surface area (Å²) in [6.07, 6.45) is 0. The van der Waals surface area contributed by atoms with Crippen LogP contribution in [-0.4, -0.2) is 60.5 Å². The summed E-state index contributed by atoms with van der Waals surface area (Å²) >= 11 is 1.57. The van der Waals surface area contributed by atoms with Gasteiger partial charge in [-0.1, -0.05) is 18.2 Å². The maximum Gasteiger partial charge on any atom is 0.240 e. The number of nitrogen functional groups attached to an aromatic ring is 1. The Morgan fingerprint density at radius 1 is 1.15 bits per heavy atom. The van der Waals surface area contributed by atoms with Crippen LogP contribution in [-0.2, 0) is 4.79 Å². The number of anilines is 3. The molecule has 1 fully saturated rings. The predicted octanol–water partition coefficient (Wildman–Crippen LogP) is 2.06. The molecule has 1 aliphatic heterocycles. The lowest BCUT2D eigenvalue weighted by Crippen LogP contribution is -2.50. The minimum atomic E-state index is 0.0983. The van der Waals surface area contributed by atoms with Gasteiger partial charge in [-0.15, -0.1) is 11.3 Å². The number of nitrogens with two attached hydrogens (primary N) is 1. The predicted molar refractivity (Wildman–Crippen MR) is 110 cm³/mol. The van der Waals surface area contributed by atoms with Crippen molar-refractivity contribution in [1.29, 1.82) is 0 Å². The van der Waals surface area contributed by atoms with E-state index in [0.29, 0.717) is 12.5 Å². The van der Waals surface area contributed by atoms with E-state index in [1.54, 1.807) is 16.2 Å². The normalized spacial score (nSPS) is 15.2. The molecule has 0 spiro atoms. The molecule has 27 heavy (non-hydrogen) atoms. The van der Waals surface area contributed by atoms with Gasteiger partial charge >= 0.3 is 0 Å². The Kier molecular flexibility index (Phi) is 4.91. The Hall–Kier alpha value is -2.71. The van der Waals surface area contributed by atoms with E-state index in [-0.39, 0.29) is 5.91 Å². The van der Waals surface area contributed by atoms with Gasteiger partial charge in [0.25, 0.3) is 0 Å². The molecule has 3 aromatic rings. The van der Waals surface area contributed by atoms with Gasteiger partial charge in [0.15, 0.2) is 0 Å². The molecule has 1 aliphatic rings. The van der Waals surface area contributed by atoms with E-state index in [2.05, 4.69) is 19.8 Å². The minimum absolute atomic E-state index is 0.0983. The van der Waals surface area contributed by atoms with E-state index in [4.69, 9.17) is 5.73 Å². The van der Waals surface area contributed by atoms with Crippen LogP contribution in [0.15, 0.2) is 41.8 Å². The molecule has 0 unspecified atom stereocenters. The lowest BCUT2D eigenvalue weighted by Gasteiger charge is -2.35. The van der Waals surface area contributed by atoms with E-state index in [0.717, 1.165) is 47.9 Å². The number of likely N-dealkylation sites (N-methyl/N-ethyl adjacent to an activating group) is 1. The molecule has 2 N–H and O–H groups in total. The van der Waals surface area contributed by atoms with Gasteiger partial charge in [0, 0.05) is 38.9 Å². The third kappa shape index (κ3) is 3.72. The maximum atomic E-state index is 12.6. The van der Waals surface area contributed by atoms with Crippen molar-refractivity contribution in [2.45, 2.75) is 0 Å². The van der Waals surface area contributed by atoms with Crippen LogP contribution < -0.4 is 15.5 Å². The van der Waals surface area contributed by atoms with Crippen LogP contribution in [0, 0.1) is 0 Å². The second-order valence-electron chi connectivity index (χ2n) is 6.60. The Labute approximate surface area is 162 Å². The average molecular weight is 382 g/mol. The van der Waals surface area contributed by atoms with E-state index >= 15 is 0 Å². The standard InChI is InChI=1S/C19H22N6OS/c1-23(14-5-3-2-4-6-14)16(26)13-24-8-10-25(11-9-24)17-15-7-12-27-18(15)22-19(20)21-17/h2-7,12H,8-11,13H2,1H3,(H2,20,21,22). The first-order valence-electron chi connectivity index (χ1n) is 8.91. The molecule has 1 amide bonds. The van der Waals surface area contributed by atoms with Crippen LogP contribution in [0.25, 0.3) is 10.2 Å². The first-order chi connectivity index (χ1) is 13.1. The molecular formula is C19H22N6OS. The Bertz CT molecular complexity index is 936. The van der Waals surface area contributed by atoms with Gasteiger partial charge in [-0.05, 0) is 23.6 Å². The zero-order valence-electron chi connectivity index (χ0n) is 15.2. The molecule has 2 aromatic heterocycles. The molecule has 3 heterocycles. The smallest absolute Gasteiger partial charge is 0.240 e. The maximum absolute atomic E-state index is 12.6. The Balaban J connectivity index is 1.39. The third-order valence-electron chi connectivity index (χ3n) is 4.87. The third-order valence-corrected chi connectivity index (χ3v) is 5.68. The molecule has 0 bridgehead atoms. The van der Waals surface area contributed by atoms with E-state index in [9.17, 15) is 4.79 Å². The number of fused-ring (bicyclic) bond motifs is 1. The summed E-state index contributed by atoms with van der Waals surface area (Å²) in [7, 11) is 1.82. The van der Waals surface area contributed by atoms with Crippen LogP contribution in [0.5, 0.6) is 0 Å². The molecule has 1 saturated heterocycles. The van der Waals surface area contributed by atoms with Crippen LogP contribution in [0.1, 0.15) is 0 Å². The summed E-state index contributed by atoms with van der Waals surface area (Å²) in [6.45, 7) is 3.65. The average Bonchev–Trinajstić information content (AvgIpc) is 3.16. The van der Waals surface area contributed by atoms with Crippen LogP contribution in [0.4, 0.5) is 17.5 Å². The second-order valence-corrected chi connectivity index (χ2v) is 7.49. The number of thiophene rings is 1. The van der Waals surface area contributed by atoms with E-state index < -0.39 is 0 Å². The quantitative estimate of drug-likeness (QED) is 0.744. The number of para-hydroxylation sites is 1. The molecule has 140 valence electrons. The fourth-order valence-corrected chi connectivity index (χ4v) is 4.07. The first-order valence-corrected chi connectivity index (χ1v) is 9.79. The summed E-state index contributed by atoms with van der Waals surface area (Å²) in [5.41, 5.74) is 6.78. The highest BCUT2D eigenvalue weighted by Gasteiger charge is 2.23. The van der Waals surface area contributed by atoms with Gasteiger partial charge in [0.2, 0.25) is 11.9 Å². The van der Waals surface area contributed by atoms with Crippen molar-refractivity contribution >= 4 is 44.9 Å². The SMILES string of the molecule is CN(C(=O)CN1CCN(c2nc(N)nc3sccc23)CC1)c1ccccc1. The van der Waals surface area contributed by atoms with Crippen molar-refractivity contribution in [2.75, 3.05) is 55.3 Å². The number of benzene rings is 1. The fraction of sp³-hybridized carbons (Fsp3) is 0.316. The monoisotopic (exact) mass is 382 g/mol. The van der Waals surface area contributed by atoms with Crippen molar-refractivity contribution < 1.29 is 4.79 Å². The lowest BCUT2D eigenvalue weighted by molar-refractivity contribution is -0.119. The molecule has 0 radical (unpaired) electrons. The van der Waals surface area contributed by atoms with Crippen molar-refractivity contribution in [1.82, 2.24) is 14.9 Å². The van der Waals surface area contributed by atoms with Gasteiger partial charge in [-0.3, -0.25) is 9.69 Å². The number of aromatic nitrogens is 2. The number of carbonyl (C=O) groups is 1. The van der Waals surface area contributed by atoms with Crippen LogP contribution in [0.2, 0.25) is 0 Å². The highest BCUT2D eigenvalue weighted by molar-refractivity contribution is 7.16. The number of nitrogens with zero attached hydrogens (tertiary/aromatic N) is 5. The summed E-state index contributed by atoms with van der Waals surface area (Å²) in [6, 6.07) is 11.8. The summed E-state index contributed by atoms with van der Waals surface area (Å²) in [5.74, 6) is 1.30. The highest BCUT2D eigenvalue weighted by Crippen LogP contribution is 2.29. The number of piperazine rings is 1. The topological polar surface area (TPSA) is 78.6 Å². The van der Waals surface area contributed by atoms with Crippen molar-refractivity contribution in [2.24, 2.45) is 0 Å². The molecule has 0 aliphatic carbocycles. The summed E-state index contributed by atoms with van der Waals surface area (Å²) < 4.78 is 0. The van der Waals surface area contributed by atoms with Gasteiger partial charge in [0.05, 0.1) is 11.9 Å². The second kappa shape index (κ2) is 7.50. The van der Waals surface area contributed by atoms with Crippen LogP contribution in [0.3, 0.4) is 0 Å². The number of hydrogen-bond donors (Lipinski definition) is 1. The molecule has 0 atom stereocenters. The fourth-order valence-electron chi connectivity index (χ4n) is 3.31. The zero-order chi connectivity index (χ0) is 18.8. The Morgan fingerprint density at radius 3 is 2.63 bits per heavy atom. The van der Waals surface area contributed by atoms with Crippen molar-refractivity contribution in [3.8, 4) is 0 Å². The zero-order valence-corrected chi connectivity index (χ0v) is 16.0. The van der Waals surface area contributed by atoms with Gasteiger partial charge < -0.3 is 15.5 Å². The number of amides is 1. The highest BCUT2D eigenvalue weighted by atomic mass is 32.1. The Morgan fingerprint density at radius 2 is 1.89 bits per heavy atom. The molecule has 8 heteroatoms.